The topological polar surface area (TPSA) is 153 Å². The summed E-state index contributed by atoms with van der Waals surface area (Å²) in [6, 6.07) is 1.69. The van der Waals surface area contributed by atoms with Gasteiger partial charge >= 0.3 is 0 Å². The largest absolute Gasteiger partial charge is 0.396 e. The second kappa shape index (κ2) is 7.30. The smallest absolute Gasteiger partial charge is 0.270 e. The number of aromatic nitrogens is 4. The minimum absolute atomic E-state index is 0.0273. The van der Waals surface area contributed by atoms with Gasteiger partial charge in [0.05, 0.1) is 11.9 Å². The fourth-order valence-electron chi connectivity index (χ4n) is 4.79. The van der Waals surface area contributed by atoms with Gasteiger partial charge in [0, 0.05) is 30.6 Å². The van der Waals surface area contributed by atoms with Gasteiger partial charge in [-0.1, -0.05) is 0 Å². The number of hydrogen-bond acceptors (Lipinski definition) is 8. The Balaban J connectivity index is 1.27. The Bertz CT molecular complexity index is 1050. The molecule has 1 saturated heterocycles. The quantitative estimate of drug-likeness (QED) is 0.585. The maximum Gasteiger partial charge on any atom is 0.270 e. The summed E-state index contributed by atoms with van der Waals surface area (Å²) in [6.07, 6.45) is 6.09. The third-order valence-electron chi connectivity index (χ3n) is 6.59. The molecular formula is C20H23ClN8O2. The van der Waals surface area contributed by atoms with E-state index in [1.54, 1.807) is 6.07 Å². The number of halogens is 1. The van der Waals surface area contributed by atoms with Crippen LogP contribution in [0.25, 0.3) is 0 Å². The van der Waals surface area contributed by atoms with Gasteiger partial charge < -0.3 is 21.7 Å². The molecule has 3 saturated carbocycles. The van der Waals surface area contributed by atoms with Crippen molar-refractivity contribution in [2.24, 2.45) is 11.7 Å². The van der Waals surface area contributed by atoms with Gasteiger partial charge in [-0.3, -0.25) is 9.59 Å². The number of hydrogen-bond donors (Lipinski definition) is 3. The number of carbonyl (C=O) groups excluding carboxylic acids is 2. The van der Waals surface area contributed by atoms with Crippen molar-refractivity contribution in [2.45, 2.75) is 43.6 Å². The zero-order chi connectivity index (χ0) is 21.8. The van der Waals surface area contributed by atoms with E-state index in [1.807, 2.05) is 0 Å². The molecule has 2 amide bonds. The molecule has 2 aromatic heterocycles. The first-order valence-corrected chi connectivity index (χ1v) is 10.7. The van der Waals surface area contributed by atoms with Crippen LogP contribution in [-0.2, 0) is 0 Å². The summed E-state index contributed by atoms with van der Waals surface area (Å²) >= 11 is 6.12. The number of carbonyl (C=O) groups is 2. The lowest BCUT2D eigenvalue weighted by molar-refractivity contribution is -0.0439. The number of nitrogens with one attached hydrogen (secondary N) is 1. The normalized spacial score (nSPS) is 24.8. The number of amides is 2. The van der Waals surface area contributed by atoms with Crippen molar-refractivity contribution >= 4 is 34.9 Å². The molecule has 2 aromatic rings. The Morgan fingerprint density at radius 3 is 2.48 bits per heavy atom. The average Bonchev–Trinajstić information content (AvgIpc) is 2.69. The van der Waals surface area contributed by atoms with Gasteiger partial charge in [0.25, 0.3) is 11.8 Å². The molecule has 6 rings (SSSR count). The van der Waals surface area contributed by atoms with Crippen molar-refractivity contribution < 1.29 is 9.59 Å². The zero-order valence-corrected chi connectivity index (χ0v) is 17.6. The standard InChI is InChI=1S/C20H23ClN8O2/c21-19-25-13(18(31)28-20-6-10(7-20)8-20)5-14(26-19)29-3-1-11(2-4-29)17-24-9-12(22)15(27-17)16(23)30/h5,9-11H,1-4,6-8,22H2,(H2,23,30)(H,28,31). The van der Waals surface area contributed by atoms with E-state index >= 15 is 0 Å². The number of nitrogens with two attached hydrogens (primary N) is 2. The minimum Gasteiger partial charge on any atom is -0.396 e. The molecule has 3 heterocycles. The number of primary amides is 1. The summed E-state index contributed by atoms with van der Waals surface area (Å²) in [7, 11) is 0. The van der Waals surface area contributed by atoms with E-state index in [0.29, 0.717) is 24.7 Å². The van der Waals surface area contributed by atoms with Crippen molar-refractivity contribution in [2.75, 3.05) is 23.7 Å². The summed E-state index contributed by atoms with van der Waals surface area (Å²) in [6.45, 7) is 1.34. The lowest BCUT2D eigenvalue weighted by Gasteiger charge is -2.61. The molecule has 1 aliphatic heterocycles. The van der Waals surface area contributed by atoms with Crippen LogP contribution in [-0.4, -0.2) is 50.4 Å². The molecule has 4 aliphatic rings. The van der Waals surface area contributed by atoms with Gasteiger partial charge in [0.2, 0.25) is 5.28 Å². The zero-order valence-electron chi connectivity index (χ0n) is 16.8. The average molecular weight is 443 g/mol. The molecule has 2 bridgehead atoms. The van der Waals surface area contributed by atoms with Crippen molar-refractivity contribution in [1.82, 2.24) is 25.3 Å². The SMILES string of the molecule is NC(=O)c1nc(C2CCN(c3cc(C(=O)NC45CC(C4)C5)nc(Cl)n3)CC2)ncc1N. The minimum atomic E-state index is -0.668. The van der Waals surface area contributed by atoms with Crippen LogP contribution in [0.3, 0.4) is 0 Å². The summed E-state index contributed by atoms with van der Waals surface area (Å²) in [5, 5.41) is 3.16. The fourth-order valence-corrected chi connectivity index (χ4v) is 4.96. The van der Waals surface area contributed by atoms with E-state index in [0.717, 1.165) is 38.0 Å². The van der Waals surface area contributed by atoms with Gasteiger partial charge in [-0.25, -0.2) is 19.9 Å². The van der Waals surface area contributed by atoms with Crippen molar-refractivity contribution in [3.05, 3.63) is 34.8 Å². The Morgan fingerprint density at radius 1 is 1.16 bits per heavy atom. The van der Waals surface area contributed by atoms with Crippen LogP contribution in [0.5, 0.6) is 0 Å². The first kappa shape index (κ1) is 19.9. The van der Waals surface area contributed by atoms with Gasteiger partial charge in [-0.2, -0.15) is 0 Å². The van der Waals surface area contributed by atoms with Gasteiger partial charge in [-0.15, -0.1) is 0 Å². The number of anilines is 2. The Labute approximate surface area is 183 Å². The molecule has 0 radical (unpaired) electrons. The Hall–Kier alpha value is -3.01. The molecular weight excluding hydrogens is 420 g/mol. The van der Waals surface area contributed by atoms with Crippen LogP contribution in [0.1, 0.15) is 64.8 Å². The molecule has 3 aliphatic carbocycles. The molecule has 0 spiro atoms. The van der Waals surface area contributed by atoms with Crippen LogP contribution in [0.2, 0.25) is 5.28 Å². The number of nitrogen functional groups attached to an aromatic ring is 1. The summed E-state index contributed by atoms with van der Waals surface area (Å²) in [5.41, 5.74) is 11.6. The van der Waals surface area contributed by atoms with Crippen molar-refractivity contribution in [3.8, 4) is 0 Å². The Morgan fingerprint density at radius 2 is 1.87 bits per heavy atom. The first-order valence-electron chi connectivity index (χ1n) is 10.4. The monoisotopic (exact) mass is 442 g/mol. The number of nitrogens with zero attached hydrogens (tertiary/aromatic N) is 5. The van der Waals surface area contributed by atoms with Gasteiger partial charge in [-0.05, 0) is 49.6 Å². The highest BCUT2D eigenvalue weighted by Crippen LogP contribution is 2.57. The molecule has 0 atom stereocenters. The second-order valence-electron chi connectivity index (χ2n) is 8.75. The summed E-state index contributed by atoms with van der Waals surface area (Å²) < 4.78 is 0. The third kappa shape index (κ3) is 3.65. The van der Waals surface area contributed by atoms with Crippen molar-refractivity contribution in [1.29, 1.82) is 0 Å². The van der Waals surface area contributed by atoms with Crippen LogP contribution in [0.15, 0.2) is 12.3 Å². The molecule has 10 nitrogen and oxygen atoms in total. The maximum atomic E-state index is 12.7. The lowest BCUT2D eigenvalue weighted by atomic mass is 9.50. The van der Waals surface area contributed by atoms with Crippen LogP contribution in [0.4, 0.5) is 11.5 Å². The first-order chi connectivity index (χ1) is 14.8. The van der Waals surface area contributed by atoms with E-state index in [9.17, 15) is 9.59 Å². The van der Waals surface area contributed by atoms with Gasteiger partial charge in [0.15, 0.2) is 5.69 Å². The predicted molar refractivity (Wildman–Crippen MR) is 114 cm³/mol. The maximum absolute atomic E-state index is 12.7. The number of piperidine rings is 1. The highest BCUT2D eigenvalue weighted by Gasteiger charge is 2.57. The third-order valence-corrected chi connectivity index (χ3v) is 6.76. The number of rotatable bonds is 5. The van der Waals surface area contributed by atoms with E-state index in [2.05, 4.69) is 30.2 Å². The molecule has 11 heteroatoms. The fraction of sp³-hybridized carbons (Fsp3) is 0.500. The highest BCUT2D eigenvalue weighted by atomic mass is 35.5. The predicted octanol–water partition coefficient (Wildman–Crippen LogP) is 1.27. The summed E-state index contributed by atoms with van der Waals surface area (Å²) in [5.74, 6) is 1.15. The molecule has 0 aromatic carbocycles. The molecule has 4 fully saturated rings. The van der Waals surface area contributed by atoms with E-state index in [4.69, 9.17) is 23.1 Å². The molecule has 0 unspecified atom stereocenters. The van der Waals surface area contributed by atoms with E-state index in [1.165, 1.54) is 6.20 Å². The van der Waals surface area contributed by atoms with E-state index in [-0.39, 0.29) is 39.7 Å². The van der Waals surface area contributed by atoms with Crippen molar-refractivity contribution in [3.63, 3.8) is 0 Å². The van der Waals surface area contributed by atoms with Crippen LogP contribution >= 0.6 is 11.6 Å². The molecule has 31 heavy (non-hydrogen) atoms. The lowest BCUT2D eigenvalue weighted by Crippen LogP contribution is -2.68. The molecule has 5 N–H and O–H groups in total. The van der Waals surface area contributed by atoms with Crippen LogP contribution in [0, 0.1) is 5.92 Å². The summed E-state index contributed by atoms with van der Waals surface area (Å²) in [4.78, 5) is 43.2. The van der Waals surface area contributed by atoms with Gasteiger partial charge in [0.1, 0.15) is 17.3 Å². The van der Waals surface area contributed by atoms with E-state index < -0.39 is 5.91 Å². The highest BCUT2D eigenvalue weighted by molar-refractivity contribution is 6.28. The second-order valence-corrected chi connectivity index (χ2v) is 9.09. The van der Waals surface area contributed by atoms with Crippen LogP contribution < -0.4 is 21.7 Å². The molecule has 162 valence electrons. The Kier molecular flexibility index (Phi) is 4.69.